The fraction of sp³-hybridized carbons (Fsp3) is 1.00. The third kappa shape index (κ3) is 2.76. The van der Waals surface area contributed by atoms with Crippen LogP contribution in [0.4, 0.5) is 0 Å². The van der Waals surface area contributed by atoms with E-state index < -0.39 is 11.0 Å². The lowest BCUT2D eigenvalue weighted by atomic mass is 9.94. The van der Waals surface area contributed by atoms with Crippen molar-refractivity contribution in [1.29, 1.82) is 0 Å². The maximum Gasteiger partial charge on any atom is 0.257 e. The molecule has 0 amide bonds. The second kappa shape index (κ2) is 4.04. The molecule has 1 rings (SSSR count). The lowest BCUT2D eigenvalue weighted by Crippen LogP contribution is -2.39. The van der Waals surface area contributed by atoms with Crippen LogP contribution in [-0.4, -0.2) is 20.6 Å². The van der Waals surface area contributed by atoms with Gasteiger partial charge in [0.1, 0.15) is 0 Å². The minimum atomic E-state index is -2.73. The average molecular weight is 179 g/mol. The largest absolute Gasteiger partial charge is 0.325 e. The van der Waals surface area contributed by atoms with E-state index in [4.69, 9.17) is 5.73 Å². The first kappa shape index (κ1) is 8.96. The van der Waals surface area contributed by atoms with Crippen LogP contribution < -0.4 is 5.73 Å². The van der Waals surface area contributed by atoms with E-state index in [9.17, 15) is 8.42 Å². The molecule has 1 aliphatic rings. The van der Waals surface area contributed by atoms with Gasteiger partial charge >= 0.3 is 0 Å². The maximum atomic E-state index is 10.2. The first-order chi connectivity index (χ1) is 5.20. The van der Waals surface area contributed by atoms with Crippen LogP contribution in [0.2, 0.25) is 0 Å². The second-order valence-corrected chi connectivity index (χ2v) is 3.47. The molecule has 5 heteroatoms. The highest BCUT2D eigenvalue weighted by atomic mass is 32.2. The predicted octanol–water partition coefficient (Wildman–Crippen LogP) is -0.201. The van der Waals surface area contributed by atoms with E-state index in [-0.39, 0.29) is 12.1 Å². The zero-order valence-electron chi connectivity index (χ0n) is 6.23. The van der Waals surface area contributed by atoms with Crippen molar-refractivity contribution in [2.75, 3.05) is 0 Å². The molecule has 1 fully saturated rings. The van der Waals surface area contributed by atoms with Crippen LogP contribution in [0.25, 0.3) is 0 Å². The summed E-state index contributed by atoms with van der Waals surface area (Å²) in [5, 5.41) is 0. The Morgan fingerprint density at radius 1 is 1.27 bits per heavy atom. The zero-order chi connectivity index (χ0) is 8.27. The summed E-state index contributed by atoms with van der Waals surface area (Å²) < 4.78 is 25.0. The van der Waals surface area contributed by atoms with E-state index >= 15 is 0 Å². The Kier molecular flexibility index (Phi) is 3.29. The summed E-state index contributed by atoms with van der Waals surface area (Å²) >= 11 is 0. The van der Waals surface area contributed by atoms with Gasteiger partial charge in [-0.25, -0.2) is 8.42 Å². The van der Waals surface area contributed by atoms with Crippen molar-refractivity contribution in [2.24, 2.45) is 5.73 Å². The molecule has 0 aromatic carbocycles. The molecule has 2 unspecified atom stereocenters. The molecule has 0 aromatic heterocycles. The van der Waals surface area contributed by atoms with E-state index in [0.29, 0.717) is 0 Å². The summed E-state index contributed by atoms with van der Waals surface area (Å²) in [7, 11) is -2.73. The fourth-order valence-corrected chi connectivity index (χ4v) is 1.85. The van der Waals surface area contributed by atoms with Crippen LogP contribution in [0.5, 0.6) is 0 Å². The molecule has 0 radical (unpaired) electrons. The Hall–Kier alpha value is -0.130. The molecule has 0 aliphatic heterocycles. The number of nitrogens with two attached hydrogens (primary N) is 1. The van der Waals surface area contributed by atoms with Crippen molar-refractivity contribution in [3.63, 3.8) is 0 Å². The SMILES string of the molecule is NC1CCCCC1O[SH](=O)=O. The summed E-state index contributed by atoms with van der Waals surface area (Å²) in [5.41, 5.74) is 5.63. The maximum absolute atomic E-state index is 10.2. The van der Waals surface area contributed by atoms with Gasteiger partial charge in [-0.1, -0.05) is 12.8 Å². The van der Waals surface area contributed by atoms with Gasteiger partial charge in [0.05, 0.1) is 6.10 Å². The lowest BCUT2D eigenvalue weighted by Gasteiger charge is -2.25. The first-order valence-corrected chi connectivity index (χ1v) is 4.86. The topological polar surface area (TPSA) is 69.4 Å². The van der Waals surface area contributed by atoms with Gasteiger partial charge in [-0.2, -0.15) is 0 Å². The van der Waals surface area contributed by atoms with Crippen molar-refractivity contribution in [3.05, 3.63) is 0 Å². The number of hydrogen-bond acceptors (Lipinski definition) is 4. The Morgan fingerprint density at radius 3 is 2.45 bits per heavy atom. The molecular formula is C6H13NO3S. The fourth-order valence-electron chi connectivity index (χ4n) is 1.37. The van der Waals surface area contributed by atoms with Crippen molar-refractivity contribution >= 4 is 11.0 Å². The summed E-state index contributed by atoms with van der Waals surface area (Å²) in [4.78, 5) is 0. The highest BCUT2D eigenvalue weighted by molar-refractivity contribution is 7.67. The molecule has 0 heterocycles. The van der Waals surface area contributed by atoms with Gasteiger partial charge < -0.3 is 5.73 Å². The van der Waals surface area contributed by atoms with E-state index in [1.54, 1.807) is 0 Å². The Balaban J connectivity index is 2.41. The molecule has 2 atom stereocenters. The Bertz CT molecular complexity index is 184. The normalized spacial score (nSPS) is 32.5. The first-order valence-electron chi connectivity index (χ1n) is 3.77. The standard InChI is InChI=1S/C6H13NO3S/c7-5-3-1-2-4-6(5)10-11(8)9/h5-6,11H,1-4,7H2. The summed E-state index contributed by atoms with van der Waals surface area (Å²) in [6, 6.07) is -0.100. The minimum Gasteiger partial charge on any atom is -0.325 e. The zero-order valence-corrected chi connectivity index (χ0v) is 7.13. The molecule has 0 aromatic rings. The summed E-state index contributed by atoms with van der Waals surface area (Å²) in [6.07, 6.45) is 3.46. The van der Waals surface area contributed by atoms with Gasteiger partial charge in [0.15, 0.2) is 0 Å². The molecule has 66 valence electrons. The lowest BCUT2D eigenvalue weighted by molar-refractivity contribution is 0.145. The van der Waals surface area contributed by atoms with Gasteiger partial charge in [-0.15, -0.1) is 0 Å². The summed E-state index contributed by atoms with van der Waals surface area (Å²) in [6.45, 7) is 0. The molecule has 1 saturated carbocycles. The van der Waals surface area contributed by atoms with Crippen LogP contribution in [-0.2, 0) is 15.2 Å². The highest BCUT2D eigenvalue weighted by Crippen LogP contribution is 2.19. The van der Waals surface area contributed by atoms with Crippen molar-refractivity contribution in [1.82, 2.24) is 0 Å². The molecule has 4 nitrogen and oxygen atoms in total. The van der Waals surface area contributed by atoms with Crippen LogP contribution in [0.3, 0.4) is 0 Å². The van der Waals surface area contributed by atoms with Crippen LogP contribution in [0.15, 0.2) is 0 Å². The minimum absolute atomic E-state index is 0.100. The van der Waals surface area contributed by atoms with Gasteiger partial charge in [-0.05, 0) is 12.8 Å². The molecule has 11 heavy (non-hydrogen) atoms. The van der Waals surface area contributed by atoms with E-state index in [0.717, 1.165) is 25.7 Å². The highest BCUT2D eigenvalue weighted by Gasteiger charge is 2.22. The van der Waals surface area contributed by atoms with Crippen molar-refractivity contribution in [2.45, 2.75) is 37.8 Å². The quantitative estimate of drug-likeness (QED) is 0.576. The molecule has 1 aliphatic carbocycles. The van der Waals surface area contributed by atoms with E-state index in [1.807, 2.05) is 0 Å². The van der Waals surface area contributed by atoms with Crippen molar-refractivity contribution < 1.29 is 12.6 Å². The average Bonchev–Trinajstić information content (AvgIpc) is 1.93. The molecule has 0 saturated heterocycles. The van der Waals surface area contributed by atoms with Gasteiger partial charge in [-0.3, -0.25) is 4.18 Å². The van der Waals surface area contributed by atoms with E-state index in [2.05, 4.69) is 4.18 Å². The second-order valence-electron chi connectivity index (χ2n) is 2.82. The third-order valence-electron chi connectivity index (χ3n) is 1.98. The molecule has 0 spiro atoms. The predicted molar refractivity (Wildman–Crippen MR) is 41.6 cm³/mol. The Labute approximate surface area is 67.9 Å². The van der Waals surface area contributed by atoms with Crippen LogP contribution >= 0.6 is 0 Å². The summed E-state index contributed by atoms with van der Waals surface area (Å²) in [5.74, 6) is 0. The molecular weight excluding hydrogens is 166 g/mol. The number of hydrogen-bond donors (Lipinski definition) is 2. The molecule has 0 bridgehead atoms. The van der Waals surface area contributed by atoms with Gasteiger partial charge in [0.2, 0.25) is 0 Å². The third-order valence-corrected chi connectivity index (χ3v) is 2.42. The molecule has 2 N–H and O–H groups in total. The Morgan fingerprint density at radius 2 is 1.91 bits per heavy atom. The van der Waals surface area contributed by atoms with Gasteiger partial charge in [0.25, 0.3) is 11.0 Å². The number of rotatable bonds is 2. The van der Waals surface area contributed by atoms with Crippen LogP contribution in [0.1, 0.15) is 25.7 Å². The smallest absolute Gasteiger partial charge is 0.257 e. The monoisotopic (exact) mass is 179 g/mol. The number of thiol groups is 1. The van der Waals surface area contributed by atoms with E-state index in [1.165, 1.54) is 0 Å². The van der Waals surface area contributed by atoms with Crippen LogP contribution in [0, 0.1) is 0 Å². The van der Waals surface area contributed by atoms with Crippen molar-refractivity contribution in [3.8, 4) is 0 Å². The van der Waals surface area contributed by atoms with Gasteiger partial charge in [0, 0.05) is 6.04 Å².